The summed E-state index contributed by atoms with van der Waals surface area (Å²) in [6, 6.07) is 19.8. The van der Waals surface area contributed by atoms with Gasteiger partial charge in [-0.25, -0.2) is 0 Å². The summed E-state index contributed by atoms with van der Waals surface area (Å²) in [5.41, 5.74) is 1.82. The van der Waals surface area contributed by atoms with Crippen LogP contribution in [0.25, 0.3) is 0 Å². The summed E-state index contributed by atoms with van der Waals surface area (Å²) < 4.78 is 0. The molecule has 3 N–H and O–H groups in total. The normalized spacial score (nSPS) is 15.5. The maximum Gasteiger partial charge on any atom is 0.0960 e. The van der Waals surface area contributed by atoms with Gasteiger partial charge in [0.05, 0.1) is 12.2 Å². The van der Waals surface area contributed by atoms with Crippen LogP contribution in [0.5, 0.6) is 0 Å². The Morgan fingerprint density at radius 2 is 1.26 bits per heavy atom. The molecule has 0 radical (unpaired) electrons. The van der Waals surface area contributed by atoms with Gasteiger partial charge in [-0.3, -0.25) is 4.90 Å². The fourth-order valence-electron chi connectivity index (χ4n) is 3.35. The van der Waals surface area contributed by atoms with Crippen molar-refractivity contribution in [1.82, 2.24) is 4.90 Å². The van der Waals surface area contributed by atoms with E-state index in [2.05, 4.69) is 29.2 Å². The van der Waals surface area contributed by atoms with Crippen LogP contribution in [0.3, 0.4) is 0 Å². The Morgan fingerprint density at radius 3 is 1.63 bits per heavy atom. The molecule has 2 aromatic rings. The summed E-state index contributed by atoms with van der Waals surface area (Å²) >= 11 is 0. The average Bonchev–Trinajstić information content (AvgIpc) is 2.65. The minimum absolute atomic E-state index is 0.0430. The SMILES string of the molecule is CC(C)(C)[C@H](O)[C@H](O)[C@H](CCO)N(Cc1ccccc1)Cc1ccccc1. The minimum atomic E-state index is -0.954. The standard InChI is InChI=1S/C23H33NO3/c1-23(2,3)22(27)21(26)20(14-15-25)24(16-18-10-6-4-7-11-18)17-19-12-8-5-9-13-19/h4-13,20-22,25-27H,14-17H2,1-3H3/t20-,21+,22+/m0/s1. The smallest absolute Gasteiger partial charge is 0.0960 e. The lowest BCUT2D eigenvalue weighted by Gasteiger charge is -2.40. The zero-order valence-corrected chi connectivity index (χ0v) is 16.6. The van der Waals surface area contributed by atoms with Gasteiger partial charge in [0.1, 0.15) is 0 Å². The van der Waals surface area contributed by atoms with Crippen molar-refractivity contribution in [2.24, 2.45) is 5.41 Å². The van der Waals surface area contributed by atoms with Gasteiger partial charge in [0.25, 0.3) is 0 Å². The molecule has 0 saturated carbocycles. The second kappa shape index (κ2) is 10.00. The summed E-state index contributed by atoms with van der Waals surface area (Å²) in [4.78, 5) is 2.15. The molecule has 4 heteroatoms. The lowest BCUT2D eigenvalue weighted by atomic mass is 9.82. The van der Waals surface area contributed by atoms with Crippen LogP contribution in [0.1, 0.15) is 38.3 Å². The van der Waals surface area contributed by atoms with E-state index in [0.29, 0.717) is 19.5 Å². The molecule has 0 aliphatic heterocycles. The number of nitrogens with zero attached hydrogens (tertiary/aromatic N) is 1. The number of hydrogen-bond acceptors (Lipinski definition) is 4. The second-order valence-corrected chi connectivity index (χ2v) is 8.26. The Balaban J connectivity index is 2.31. The molecule has 0 aromatic heterocycles. The van der Waals surface area contributed by atoms with Crippen LogP contribution in [-0.4, -0.2) is 45.1 Å². The first-order valence-electron chi connectivity index (χ1n) is 9.62. The third-order valence-corrected chi connectivity index (χ3v) is 4.96. The number of hydrogen-bond donors (Lipinski definition) is 3. The monoisotopic (exact) mass is 371 g/mol. The van der Waals surface area contributed by atoms with Crippen LogP contribution >= 0.6 is 0 Å². The van der Waals surface area contributed by atoms with Crippen LogP contribution in [0.15, 0.2) is 60.7 Å². The van der Waals surface area contributed by atoms with Gasteiger partial charge in [-0.15, -0.1) is 0 Å². The summed E-state index contributed by atoms with van der Waals surface area (Å²) in [6.45, 7) is 6.96. The zero-order chi connectivity index (χ0) is 19.9. The summed E-state index contributed by atoms with van der Waals surface area (Å²) in [6.07, 6.45) is -1.44. The molecule has 3 atom stereocenters. The molecular formula is C23H33NO3. The highest BCUT2D eigenvalue weighted by molar-refractivity contribution is 5.17. The Hall–Kier alpha value is -1.72. The highest BCUT2D eigenvalue weighted by Crippen LogP contribution is 2.27. The highest BCUT2D eigenvalue weighted by Gasteiger charge is 2.36. The molecule has 0 fully saturated rings. The molecule has 0 unspecified atom stereocenters. The van der Waals surface area contributed by atoms with E-state index >= 15 is 0 Å². The van der Waals surface area contributed by atoms with Crippen LogP contribution in [0.4, 0.5) is 0 Å². The molecule has 2 aromatic carbocycles. The fraction of sp³-hybridized carbons (Fsp3) is 0.478. The van der Waals surface area contributed by atoms with E-state index in [9.17, 15) is 15.3 Å². The Morgan fingerprint density at radius 1 is 0.815 bits per heavy atom. The maximum atomic E-state index is 11.0. The van der Waals surface area contributed by atoms with Gasteiger partial charge in [-0.2, -0.15) is 0 Å². The minimum Gasteiger partial charge on any atom is -0.396 e. The maximum absolute atomic E-state index is 11.0. The van der Waals surface area contributed by atoms with Crippen molar-refractivity contribution in [2.75, 3.05) is 6.61 Å². The molecule has 0 spiro atoms. The number of aliphatic hydroxyl groups excluding tert-OH is 3. The van der Waals surface area contributed by atoms with E-state index < -0.39 is 17.6 Å². The van der Waals surface area contributed by atoms with Gasteiger partial charge < -0.3 is 15.3 Å². The van der Waals surface area contributed by atoms with Crippen molar-refractivity contribution < 1.29 is 15.3 Å². The van der Waals surface area contributed by atoms with Gasteiger partial charge in [0, 0.05) is 25.7 Å². The molecule has 4 nitrogen and oxygen atoms in total. The molecular weight excluding hydrogens is 338 g/mol. The van der Waals surface area contributed by atoms with Crippen molar-refractivity contribution >= 4 is 0 Å². The lowest BCUT2D eigenvalue weighted by molar-refractivity contribution is -0.0903. The predicted octanol–water partition coefficient (Wildman–Crippen LogP) is 3.21. The largest absolute Gasteiger partial charge is 0.396 e. The van der Waals surface area contributed by atoms with E-state index in [1.54, 1.807) is 0 Å². The van der Waals surface area contributed by atoms with E-state index in [0.717, 1.165) is 11.1 Å². The van der Waals surface area contributed by atoms with Crippen molar-refractivity contribution in [1.29, 1.82) is 0 Å². The van der Waals surface area contributed by atoms with E-state index in [4.69, 9.17) is 0 Å². The zero-order valence-electron chi connectivity index (χ0n) is 16.6. The third kappa shape index (κ3) is 6.43. The van der Waals surface area contributed by atoms with Crippen LogP contribution in [-0.2, 0) is 13.1 Å². The molecule has 0 heterocycles. The van der Waals surface area contributed by atoms with E-state index in [-0.39, 0.29) is 12.6 Å². The van der Waals surface area contributed by atoms with Crippen molar-refractivity contribution in [3.05, 3.63) is 71.8 Å². The third-order valence-electron chi connectivity index (χ3n) is 4.96. The first kappa shape index (κ1) is 21.6. The van der Waals surface area contributed by atoms with E-state index in [1.807, 2.05) is 57.2 Å². The molecule has 2 rings (SSSR count). The quantitative estimate of drug-likeness (QED) is 0.633. The number of benzene rings is 2. The first-order valence-corrected chi connectivity index (χ1v) is 9.62. The Bertz CT molecular complexity index is 613. The Labute approximate surface area is 163 Å². The highest BCUT2D eigenvalue weighted by atomic mass is 16.3. The fourth-order valence-corrected chi connectivity index (χ4v) is 3.35. The van der Waals surface area contributed by atoms with Gasteiger partial charge in [-0.1, -0.05) is 81.4 Å². The average molecular weight is 372 g/mol. The van der Waals surface area contributed by atoms with Gasteiger partial charge >= 0.3 is 0 Å². The van der Waals surface area contributed by atoms with Crippen LogP contribution in [0, 0.1) is 5.41 Å². The van der Waals surface area contributed by atoms with Crippen LogP contribution < -0.4 is 0 Å². The first-order chi connectivity index (χ1) is 12.8. The topological polar surface area (TPSA) is 63.9 Å². The Kier molecular flexibility index (Phi) is 7.99. The molecule has 0 bridgehead atoms. The van der Waals surface area contributed by atoms with Gasteiger partial charge in [0.2, 0.25) is 0 Å². The van der Waals surface area contributed by atoms with Crippen molar-refractivity contribution in [2.45, 2.75) is 58.5 Å². The summed E-state index contributed by atoms with van der Waals surface area (Å²) in [5.74, 6) is 0. The van der Waals surface area contributed by atoms with E-state index in [1.165, 1.54) is 0 Å². The second-order valence-electron chi connectivity index (χ2n) is 8.26. The predicted molar refractivity (Wildman–Crippen MR) is 109 cm³/mol. The lowest BCUT2D eigenvalue weighted by Crippen LogP contribution is -2.52. The molecule has 0 aliphatic rings. The molecule has 0 saturated heterocycles. The van der Waals surface area contributed by atoms with Crippen LogP contribution in [0.2, 0.25) is 0 Å². The van der Waals surface area contributed by atoms with Crippen molar-refractivity contribution in [3.63, 3.8) is 0 Å². The van der Waals surface area contributed by atoms with Gasteiger partial charge in [-0.05, 0) is 23.0 Å². The summed E-state index contributed by atoms with van der Waals surface area (Å²) in [7, 11) is 0. The van der Waals surface area contributed by atoms with Gasteiger partial charge in [0.15, 0.2) is 0 Å². The molecule has 148 valence electrons. The molecule has 27 heavy (non-hydrogen) atoms. The number of rotatable bonds is 9. The summed E-state index contributed by atoms with van der Waals surface area (Å²) in [5, 5.41) is 31.3. The molecule has 0 amide bonds. The van der Waals surface area contributed by atoms with Crippen molar-refractivity contribution in [3.8, 4) is 0 Å². The number of aliphatic hydroxyl groups is 3. The molecule has 0 aliphatic carbocycles.